The smallest absolute Gasteiger partial charge is 0.335 e. The van der Waals surface area contributed by atoms with Gasteiger partial charge in [0.05, 0.1) is 5.56 Å². The molecule has 1 aliphatic rings. The van der Waals surface area contributed by atoms with Gasteiger partial charge in [0.1, 0.15) is 0 Å². The molecule has 3 rings (SSSR count). The molecule has 6 heteroatoms. The fourth-order valence-corrected chi connectivity index (χ4v) is 3.56. The van der Waals surface area contributed by atoms with E-state index in [0.717, 1.165) is 16.7 Å². The van der Waals surface area contributed by atoms with Gasteiger partial charge in [-0.05, 0) is 66.3 Å². The highest BCUT2D eigenvalue weighted by atomic mass is 16.4. The summed E-state index contributed by atoms with van der Waals surface area (Å²) >= 11 is 0. The molecule has 0 atom stereocenters. The van der Waals surface area contributed by atoms with E-state index in [4.69, 9.17) is 0 Å². The Morgan fingerprint density at radius 1 is 1.07 bits per heavy atom. The normalized spacial score (nSPS) is 13.2. The summed E-state index contributed by atoms with van der Waals surface area (Å²) in [4.78, 5) is 37.9. The van der Waals surface area contributed by atoms with Crippen LogP contribution in [0.4, 0.5) is 5.69 Å². The van der Waals surface area contributed by atoms with Gasteiger partial charge in [-0.1, -0.05) is 19.9 Å². The third-order valence-corrected chi connectivity index (χ3v) is 5.09. The number of anilines is 1. The first kappa shape index (κ1) is 20.6. The number of fused-ring (bicyclic) bond motifs is 1. The van der Waals surface area contributed by atoms with Crippen molar-refractivity contribution in [3.05, 3.63) is 64.2 Å². The maximum Gasteiger partial charge on any atom is 0.335 e. The van der Waals surface area contributed by atoms with E-state index in [1.54, 1.807) is 35.2 Å². The number of carboxylic acids is 1. The topological polar surface area (TPSA) is 86.7 Å². The lowest BCUT2D eigenvalue weighted by atomic mass is 9.96. The molecule has 0 fully saturated rings. The summed E-state index contributed by atoms with van der Waals surface area (Å²) < 4.78 is 0. The molecule has 0 bridgehead atoms. The van der Waals surface area contributed by atoms with Crippen LogP contribution in [0.1, 0.15) is 57.7 Å². The fourth-order valence-electron chi connectivity index (χ4n) is 3.56. The Kier molecular flexibility index (Phi) is 6.01. The van der Waals surface area contributed by atoms with Gasteiger partial charge < -0.3 is 15.3 Å². The van der Waals surface area contributed by atoms with Gasteiger partial charge in [-0.2, -0.15) is 0 Å². The summed E-state index contributed by atoms with van der Waals surface area (Å²) in [5.74, 6) is -0.828. The molecule has 0 spiro atoms. The molecule has 2 amide bonds. The van der Waals surface area contributed by atoms with Gasteiger partial charge in [0.25, 0.3) is 5.91 Å². The molecule has 29 heavy (non-hydrogen) atoms. The predicted octanol–water partition coefficient (Wildman–Crippen LogP) is 3.88. The number of aromatic carboxylic acids is 1. The largest absolute Gasteiger partial charge is 0.478 e. The summed E-state index contributed by atoms with van der Waals surface area (Å²) in [6.07, 6.45) is 1.15. The van der Waals surface area contributed by atoms with Crippen molar-refractivity contribution in [2.24, 2.45) is 5.92 Å². The van der Waals surface area contributed by atoms with Crippen LogP contribution in [0.25, 0.3) is 0 Å². The Morgan fingerprint density at radius 2 is 1.79 bits per heavy atom. The van der Waals surface area contributed by atoms with E-state index in [-0.39, 0.29) is 23.3 Å². The number of amides is 2. The highest BCUT2D eigenvalue weighted by Gasteiger charge is 2.23. The van der Waals surface area contributed by atoms with Crippen molar-refractivity contribution in [1.82, 2.24) is 4.90 Å². The maximum absolute atomic E-state index is 13.0. The minimum atomic E-state index is -0.970. The van der Waals surface area contributed by atoms with E-state index in [2.05, 4.69) is 5.32 Å². The van der Waals surface area contributed by atoms with E-state index in [0.29, 0.717) is 37.2 Å². The van der Waals surface area contributed by atoms with E-state index in [1.165, 1.54) is 0 Å². The van der Waals surface area contributed by atoms with Gasteiger partial charge in [0, 0.05) is 30.8 Å². The zero-order valence-corrected chi connectivity index (χ0v) is 17.0. The zero-order valence-electron chi connectivity index (χ0n) is 17.0. The minimum absolute atomic E-state index is 0.0379. The number of carboxylic acid groups (broad SMARTS) is 1. The third-order valence-electron chi connectivity index (χ3n) is 5.09. The van der Waals surface area contributed by atoms with Crippen LogP contribution >= 0.6 is 0 Å². The molecular formula is C23H26N2O4. The molecular weight excluding hydrogens is 368 g/mol. The number of aryl methyl sites for hydroxylation is 1. The Bertz CT molecular complexity index is 965. The quantitative estimate of drug-likeness (QED) is 0.806. The molecule has 2 aromatic rings. The molecule has 2 N–H and O–H groups in total. The summed E-state index contributed by atoms with van der Waals surface area (Å²) in [5, 5.41) is 12.1. The number of rotatable bonds is 5. The van der Waals surface area contributed by atoms with E-state index in [1.807, 2.05) is 26.8 Å². The Hall–Kier alpha value is -3.15. The van der Waals surface area contributed by atoms with Gasteiger partial charge in [0.15, 0.2) is 0 Å². The van der Waals surface area contributed by atoms with Crippen molar-refractivity contribution < 1.29 is 19.5 Å². The number of benzene rings is 2. The minimum Gasteiger partial charge on any atom is -0.478 e. The summed E-state index contributed by atoms with van der Waals surface area (Å²) in [6, 6.07) is 10.4. The van der Waals surface area contributed by atoms with Gasteiger partial charge in [-0.3, -0.25) is 9.59 Å². The van der Waals surface area contributed by atoms with Crippen LogP contribution in [0.2, 0.25) is 0 Å². The molecule has 1 heterocycles. The summed E-state index contributed by atoms with van der Waals surface area (Å²) in [6.45, 7) is 6.83. The molecule has 0 saturated carbocycles. The van der Waals surface area contributed by atoms with Crippen LogP contribution in [-0.4, -0.2) is 34.3 Å². The molecule has 0 aromatic heterocycles. The first-order valence-corrected chi connectivity index (χ1v) is 9.79. The van der Waals surface area contributed by atoms with Gasteiger partial charge in [-0.15, -0.1) is 0 Å². The number of nitrogens with one attached hydrogen (secondary N) is 1. The lowest BCUT2D eigenvalue weighted by Gasteiger charge is -2.29. The van der Waals surface area contributed by atoms with Crippen LogP contribution in [0.3, 0.4) is 0 Å². The molecule has 2 aromatic carbocycles. The third kappa shape index (κ3) is 4.83. The Labute approximate surface area is 170 Å². The number of hydrogen-bond acceptors (Lipinski definition) is 3. The molecule has 0 unspecified atom stereocenters. The average Bonchev–Trinajstić information content (AvgIpc) is 2.67. The molecule has 0 saturated heterocycles. The van der Waals surface area contributed by atoms with Gasteiger partial charge >= 0.3 is 5.97 Å². The summed E-state index contributed by atoms with van der Waals surface area (Å²) in [7, 11) is 0. The average molecular weight is 394 g/mol. The van der Waals surface area contributed by atoms with Crippen molar-refractivity contribution in [1.29, 1.82) is 0 Å². The molecule has 6 nitrogen and oxygen atoms in total. The van der Waals surface area contributed by atoms with Crippen LogP contribution in [0.15, 0.2) is 36.4 Å². The zero-order chi connectivity index (χ0) is 21.1. The van der Waals surface area contributed by atoms with Gasteiger partial charge in [0.2, 0.25) is 5.91 Å². The van der Waals surface area contributed by atoms with Crippen LogP contribution in [0.5, 0.6) is 0 Å². The maximum atomic E-state index is 13.0. The highest BCUT2D eigenvalue weighted by Crippen LogP contribution is 2.24. The second kappa shape index (κ2) is 8.47. The van der Waals surface area contributed by atoms with Crippen LogP contribution in [-0.2, 0) is 17.8 Å². The van der Waals surface area contributed by atoms with Crippen molar-refractivity contribution in [3.63, 3.8) is 0 Å². The van der Waals surface area contributed by atoms with Gasteiger partial charge in [-0.25, -0.2) is 4.79 Å². The second-order valence-electron chi connectivity index (χ2n) is 7.94. The van der Waals surface area contributed by atoms with Crippen LogP contribution in [0, 0.1) is 12.8 Å². The summed E-state index contributed by atoms with van der Waals surface area (Å²) in [5.41, 5.74) is 4.29. The fraction of sp³-hybridized carbons (Fsp3) is 0.348. The lowest BCUT2D eigenvalue weighted by Crippen LogP contribution is -2.36. The van der Waals surface area contributed by atoms with Crippen molar-refractivity contribution in [2.75, 3.05) is 11.9 Å². The number of nitrogens with zero attached hydrogens (tertiary/aromatic N) is 1. The highest BCUT2D eigenvalue weighted by molar-refractivity contribution is 5.97. The number of hydrogen-bond donors (Lipinski definition) is 2. The first-order chi connectivity index (χ1) is 13.7. The van der Waals surface area contributed by atoms with Crippen molar-refractivity contribution in [2.45, 2.75) is 40.2 Å². The predicted molar refractivity (Wildman–Crippen MR) is 111 cm³/mol. The molecule has 152 valence electrons. The molecule has 0 radical (unpaired) electrons. The lowest BCUT2D eigenvalue weighted by molar-refractivity contribution is -0.116. The number of carbonyl (C=O) groups is 3. The molecule has 0 aliphatic carbocycles. The Morgan fingerprint density at radius 3 is 2.45 bits per heavy atom. The molecule has 1 aliphatic heterocycles. The SMILES string of the molecule is Cc1cc(C(=O)N2CCc3ccc(C(=O)O)cc3C2)ccc1NC(=O)CC(C)C. The standard InChI is InChI=1S/C23H26N2O4/c1-14(2)10-21(26)24-20-7-6-17(11-15(20)3)22(27)25-9-8-16-4-5-18(23(28)29)12-19(16)13-25/h4-7,11-12,14H,8-10,13H2,1-3H3,(H,24,26)(H,28,29). The van der Waals surface area contributed by atoms with E-state index in [9.17, 15) is 19.5 Å². The van der Waals surface area contributed by atoms with Crippen molar-refractivity contribution >= 4 is 23.5 Å². The van der Waals surface area contributed by atoms with E-state index < -0.39 is 5.97 Å². The van der Waals surface area contributed by atoms with E-state index >= 15 is 0 Å². The first-order valence-electron chi connectivity index (χ1n) is 9.79. The van der Waals surface area contributed by atoms with Crippen LogP contribution < -0.4 is 5.32 Å². The number of carbonyl (C=O) groups excluding carboxylic acids is 2. The van der Waals surface area contributed by atoms with Crippen molar-refractivity contribution in [3.8, 4) is 0 Å². The second-order valence-corrected chi connectivity index (χ2v) is 7.94. The Balaban J connectivity index is 1.74. The monoisotopic (exact) mass is 394 g/mol.